The molecule has 0 unspecified atom stereocenters. The van der Waals surface area contributed by atoms with E-state index in [1.165, 1.54) is 0 Å². The molecule has 0 atom stereocenters. The van der Waals surface area contributed by atoms with Gasteiger partial charge < -0.3 is 10.2 Å². The molecule has 0 aliphatic carbocycles. The van der Waals surface area contributed by atoms with Crippen LogP contribution in [0.2, 0.25) is 0 Å². The van der Waals surface area contributed by atoms with Gasteiger partial charge in [0, 0.05) is 30.6 Å². The van der Waals surface area contributed by atoms with Crippen LogP contribution >= 0.6 is 0 Å². The standard InChI is InChI=1S/C17H28N2O2/c1-7-15(18-16(20)8-2)11-9-10-12-17(21)19(13(3)4)14(5)6/h7,9-11,13-14H,1,8,12H2,2-6H3,(H,18,20)/b10-9-,15-11+. The average molecular weight is 292 g/mol. The van der Waals surface area contributed by atoms with Gasteiger partial charge in [0.1, 0.15) is 0 Å². The van der Waals surface area contributed by atoms with Gasteiger partial charge in [-0.25, -0.2) is 0 Å². The lowest BCUT2D eigenvalue weighted by molar-refractivity contribution is -0.133. The van der Waals surface area contributed by atoms with Crippen molar-refractivity contribution in [3.05, 3.63) is 36.6 Å². The molecule has 0 aromatic heterocycles. The molecule has 0 aromatic rings. The summed E-state index contributed by atoms with van der Waals surface area (Å²) in [5.41, 5.74) is 0.634. The fourth-order valence-corrected chi connectivity index (χ4v) is 2.03. The molecule has 0 spiro atoms. The van der Waals surface area contributed by atoms with Crippen LogP contribution in [0.5, 0.6) is 0 Å². The van der Waals surface area contributed by atoms with Crippen LogP contribution in [0.3, 0.4) is 0 Å². The summed E-state index contributed by atoms with van der Waals surface area (Å²) < 4.78 is 0. The highest BCUT2D eigenvalue weighted by molar-refractivity contribution is 5.79. The molecule has 1 N–H and O–H groups in total. The highest BCUT2D eigenvalue weighted by Gasteiger charge is 2.18. The molecule has 0 bridgehead atoms. The zero-order valence-electron chi connectivity index (χ0n) is 13.8. The molecule has 0 aliphatic rings. The van der Waals surface area contributed by atoms with Crippen molar-refractivity contribution in [3.63, 3.8) is 0 Å². The Kier molecular flexibility index (Phi) is 9.10. The van der Waals surface area contributed by atoms with Gasteiger partial charge in [-0.3, -0.25) is 9.59 Å². The Morgan fingerprint density at radius 1 is 1.19 bits per heavy atom. The first kappa shape index (κ1) is 19.2. The van der Waals surface area contributed by atoms with Crippen molar-refractivity contribution in [3.8, 4) is 0 Å². The minimum Gasteiger partial charge on any atom is -0.338 e. The summed E-state index contributed by atoms with van der Waals surface area (Å²) in [7, 11) is 0. The molecule has 21 heavy (non-hydrogen) atoms. The number of hydrogen-bond acceptors (Lipinski definition) is 2. The van der Waals surface area contributed by atoms with Gasteiger partial charge in [0.15, 0.2) is 0 Å². The number of amides is 2. The third-order valence-corrected chi connectivity index (χ3v) is 2.93. The first-order chi connectivity index (χ1) is 9.83. The van der Waals surface area contributed by atoms with E-state index < -0.39 is 0 Å². The van der Waals surface area contributed by atoms with Gasteiger partial charge >= 0.3 is 0 Å². The first-order valence-corrected chi connectivity index (χ1v) is 7.43. The van der Waals surface area contributed by atoms with Crippen LogP contribution in [-0.2, 0) is 9.59 Å². The molecule has 0 heterocycles. The van der Waals surface area contributed by atoms with Crippen molar-refractivity contribution in [1.82, 2.24) is 10.2 Å². The summed E-state index contributed by atoms with van der Waals surface area (Å²) in [6, 6.07) is 0.378. The molecule has 0 aliphatic heterocycles. The van der Waals surface area contributed by atoms with E-state index in [4.69, 9.17) is 0 Å². The van der Waals surface area contributed by atoms with E-state index in [-0.39, 0.29) is 23.9 Å². The maximum atomic E-state index is 12.1. The molecule has 0 radical (unpaired) electrons. The Hall–Kier alpha value is -1.84. The molecule has 4 heteroatoms. The lowest BCUT2D eigenvalue weighted by Gasteiger charge is -2.30. The van der Waals surface area contributed by atoms with Crippen LogP contribution in [0.25, 0.3) is 0 Å². The maximum Gasteiger partial charge on any atom is 0.226 e. The maximum absolute atomic E-state index is 12.1. The normalized spacial score (nSPS) is 12.0. The summed E-state index contributed by atoms with van der Waals surface area (Å²) in [4.78, 5) is 25.3. The largest absolute Gasteiger partial charge is 0.338 e. The Morgan fingerprint density at radius 3 is 2.19 bits per heavy atom. The van der Waals surface area contributed by atoms with Gasteiger partial charge in [-0.05, 0) is 39.8 Å². The molecular weight excluding hydrogens is 264 g/mol. The average Bonchev–Trinajstić information content (AvgIpc) is 2.40. The summed E-state index contributed by atoms with van der Waals surface area (Å²) in [6.07, 6.45) is 7.65. The van der Waals surface area contributed by atoms with Crippen LogP contribution in [0.1, 0.15) is 47.5 Å². The van der Waals surface area contributed by atoms with E-state index in [1.54, 1.807) is 31.2 Å². The van der Waals surface area contributed by atoms with Crippen LogP contribution < -0.4 is 5.32 Å². The van der Waals surface area contributed by atoms with Crippen LogP contribution in [0.4, 0.5) is 0 Å². The highest BCUT2D eigenvalue weighted by atomic mass is 16.2. The Morgan fingerprint density at radius 2 is 1.76 bits per heavy atom. The first-order valence-electron chi connectivity index (χ1n) is 7.43. The number of allylic oxidation sites excluding steroid dienone is 3. The summed E-state index contributed by atoms with van der Waals surface area (Å²) in [6.45, 7) is 13.5. The van der Waals surface area contributed by atoms with E-state index in [0.29, 0.717) is 18.5 Å². The minimum atomic E-state index is -0.0589. The topological polar surface area (TPSA) is 49.4 Å². The molecule has 118 valence electrons. The van der Waals surface area contributed by atoms with E-state index in [2.05, 4.69) is 11.9 Å². The summed E-state index contributed by atoms with van der Waals surface area (Å²) >= 11 is 0. The second-order valence-corrected chi connectivity index (χ2v) is 5.35. The quantitative estimate of drug-likeness (QED) is 0.699. The van der Waals surface area contributed by atoms with Gasteiger partial charge in [0.05, 0.1) is 0 Å². The molecule has 0 saturated carbocycles. The molecule has 0 aromatic carbocycles. The fraction of sp³-hybridized carbons (Fsp3) is 0.529. The Labute approximate surface area is 128 Å². The van der Waals surface area contributed by atoms with Gasteiger partial charge in [-0.1, -0.05) is 25.7 Å². The Bertz CT molecular complexity index is 413. The number of nitrogens with zero attached hydrogens (tertiary/aromatic N) is 1. The zero-order valence-corrected chi connectivity index (χ0v) is 13.8. The number of hydrogen-bond donors (Lipinski definition) is 1. The SMILES string of the molecule is C=C/C(=C\C=C/CC(=O)N(C(C)C)C(C)C)NC(=O)CC. The number of rotatable bonds is 8. The van der Waals surface area contributed by atoms with E-state index >= 15 is 0 Å². The van der Waals surface area contributed by atoms with Crippen molar-refractivity contribution >= 4 is 11.8 Å². The summed E-state index contributed by atoms with van der Waals surface area (Å²) in [5.74, 6) is 0.0406. The number of nitrogens with one attached hydrogen (secondary N) is 1. The highest BCUT2D eigenvalue weighted by Crippen LogP contribution is 2.08. The zero-order chi connectivity index (χ0) is 16.4. The smallest absolute Gasteiger partial charge is 0.226 e. The molecule has 2 amide bonds. The third-order valence-electron chi connectivity index (χ3n) is 2.93. The molecule has 0 saturated heterocycles. The molecular formula is C17H28N2O2. The number of carbonyl (C=O) groups excluding carboxylic acids is 2. The summed E-state index contributed by atoms with van der Waals surface area (Å²) in [5, 5.41) is 2.72. The van der Waals surface area contributed by atoms with Crippen molar-refractivity contribution in [2.24, 2.45) is 0 Å². The van der Waals surface area contributed by atoms with E-state index in [1.807, 2.05) is 32.6 Å². The predicted octanol–water partition coefficient (Wildman–Crippen LogP) is 3.17. The van der Waals surface area contributed by atoms with Crippen molar-refractivity contribution in [2.45, 2.75) is 59.5 Å². The second-order valence-electron chi connectivity index (χ2n) is 5.35. The van der Waals surface area contributed by atoms with Gasteiger partial charge in [-0.15, -0.1) is 0 Å². The Balaban J connectivity index is 4.58. The van der Waals surface area contributed by atoms with Crippen molar-refractivity contribution < 1.29 is 9.59 Å². The van der Waals surface area contributed by atoms with Gasteiger partial charge in [-0.2, -0.15) is 0 Å². The van der Waals surface area contributed by atoms with Crippen molar-refractivity contribution in [1.29, 1.82) is 0 Å². The van der Waals surface area contributed by atoms with E-state index in [9.17, 15) is 9.59 Å². The molecule has 0 fully saturated rings. The lowest BCUT2D eigenvalue weighted by atomic mass is 10.2. The van der Waals surface area contributed by atoms with Gasteiger partial charge in [0.2, 0.25) is 11.8 Å². The van der Waals surface area contributed by atoms with Crippen LogP contribution in [-0.4, -0.2) is 28.8 Å². The molecule has 4 nitrogen and oxygen atoms in total. The minimum absolute atomic E-state index is 0.0589. The van der Waals surface area contributed by atoms with Gasteiger partial charge in [0.25, 0.3) is 0 Å². The number of carbonyl (C=O) groups is 2. The fourth-order valence-electron chi connectivity index (χ4n) is 2.03. The lowest BCUT2D eigenvalue weighted by Crippen LogP contribution is -2.41. The van der Waals surface area contributed by atoms with Crippen molar-refractivity contribution in [2.75, 3.05) is 0 Å². The van der Waals surface area contributed by atoms with Crippen LogP contribution in [0, 0.1) is 0 Å². The monoisotopic (exact) mass is 292 g/mol. The van der Waals surface area contributed by atoms with Crippen LogP contribution in [0.15, 0.2) is 36.6 Å². The molecule has 0 rings (SSSR count). The van der Waals surface area contributed by atoms with E-state index in [0.717, 1.165) is 0 Å². The third kappa shape index (κ3) is 7.49. The predicted molar refractivity (Wildman–Crippen MR) is 87.6 cm³/mol. The second kappa shape index (κ2) is 9.97.